The third-order valence-corrected chi connectivity index (χ3v) is 4.20. The van der Waals surface area contributed by atoms with Crippen molar-refractivity contribution in [3.8, 4) is 0 Å². The molecule has 0 aliphatic carbocycles. The fourth-order valence-corrected chi connectivity index (χ4v) is 2.90. The van der Waals surface area contributed by atoms with Crippen molar-refractivity contribution < 1.29 is 5.11 Å². The normalized spacial score (nSPS) is 12.6. The van der Waals surface area contributed by atoms with E-state index in [9.17, 15) is 5.11 Å². The lowest BCUT2D eigenvalue weighted by molar-refractivity contribution is 0.224. The summed E-state index contributed by atoms with van der Waals surface area (Å²) in [4.78, 5) is 2.26. The average Bonchev–Trinajstić information content (AvgIpc) is 2.83. The van der Waals surface area contributed by atoms with E-state index in [4.69, 9.17) is 0 Å². The molecule has 0 aliphatic heterocycles. The molecule has 0 unspecified atom stereocenters. The van der Waals surface area contributed by atoms with E-state index in [1.165, 1.54) is 23.3 Å². The standard InChI is InChI=1S/C16H20OS/c1-3-4-5-13-7-9-14(10-8-13)16(17)15-11-6-12(2)18-15/h6-11,16-17H,3-5H2,1-2H3/t16-/m1/s1. The number of aliphatic hydroxyl groups is 1. The Hall–Kier alpha value is -1.12. The van der Waals surface area contributed by atoms with Crippen molar-refractivity contribution in [1.82, 2.24) is 0 Å². The van der Waals surface area contributed by atoms with Crippen LogP contribution in [0.2, 0.25) is 0 Å². The summed E-state index contributed by atoms with van der Waals surface area (Å²) in [7, 11) is 0. The number of aliphatic hydroxyl groups excluding tert-OH is 1. The number of thiophene rings is 1. The minimum atomic E-state index is -0.482. The molecule has 0 bridgehead atoms. The first-order valence-corrected chi connectivity index (χ1v) is 7.35. The van der Waals surface area contributed by atoms with E-state index in [1.54, 1.807) is 11.3 Å². The van der Waals surface area contributed by atoms with Gasteiger partial charge in [0.2, 0.25) is 0 Å². The fourth-order valence-electron chi connectivity index (χ4n) is 2.01. The van der Waals surface area contributed by atoms with Crippen LogP contribution in [0, 0.1) is 6.92 Å². The summed E-state index contributed by atoms with van der Waals surface area (Å²) in [5.41, 5.74) is 2.34. The number of unbranched alkanes of at least 4 members (excludes halogenated alkanes) is 1. The van der Waals surface area contributed by atoms with Crippen molar-refractivity contribution in [3.05, 3.63) is 57.3 Å². The second-order valence-electron chi connectivity index (χ2n) is 4.70. The van der Waals surface area contributed by atoms with Gasteiger partial charge in [-0.25, -0.2) is 0 Å². The summed E-state index contributed by atoms with van der Waals surface area (Å²) in [6.07, 6.45) is 3.10. The van der Waals surface area contributed by atoms with Crippen molar-refractivity contribution in [3.63, 3.8) is 0 Å². The maximum absolute atomic E-state index is 10.3. The summed E-state index contributed by atoms with van der Waals surface area (Å²) in [6.45, 7) is 4.27. The Kier molecular flexibility index (Phi) is 4.56. The van der Waals surface area contributed by atoms with E-state index in [1.807, 2.05) is 18.2 Å². The van der Waals surface area contributed by atoms with Gasteiger partial charge >= 0.3 is 0 Å². The van der Waals surface area contributed by atoms with Gasteiger partial charge in [0.1, 0.15) is 6.10 Å². The molecule has 1 nitrogen and oxygen atoms in total. The Balaban J connectivity index is 2.09. The van der Waals surface area contributed by atoms with Gasteiger partial charge in [-0.3, -0.25) is 0 Å². The molecule has 0 radical (unpaired) electrons. The van der Waals surface area contributed by atoms with Gasteiger partial charge in [0.25, 0.3) is 0 Å². The van der Waals surface area contributed by atoms with Crippen LogP contribution in [0.1, 0.15) is 46.8 Å². The van der Waals surface area contributed by atoms with E-state index in [-0.39, 0.29) is 0 Å². The molecule has 96 valence electrons. The summed E-state index contributed by atoms with van der Waals surface area (Å²) < 4.78 is 0. The van der Waals surface area contributed by atoms with E-state index < -0.39 is 6.10 Å². The summed E-state index contributed by atoms with van der Waals surface area (Å²) in [5, 5.41) is 10.3. The van der Waals surface area contributed by atoms with Crippen LogP contribution in [0.15, 0.2) is 36.4 Å². The molecule has 0 saturated heterocycles. The highest BCUT2D eigenvalue weighted by Gasteiger charge is 2.11. The van der Waals surface area contributed by atoms with Gasteiger partial charge in [0.05, 0.1) is 0 Å². The smallest absolute Gasteiger partial charge is 0.113 e. The largest absolute Gasteiger partial charge is 0.383 e. The molecule has 1 atom stereocenters. The van der Waals surface area contributed by atoms with Crippen molar-refractivity contribution in [2.45, 2.75) is 39.2 Å². The lowest BCUT2D eigenvalue weighted by atomic mass is 10.0. The van der Waals surface area contributed by atoms with Gasteiger partial charge in [-0.15, -0.1) is 11.3 Å². The van der Waals surface area contributed by atoms with E-state index in [2.05, 4.69) is 32.0 Å². The molecule has 0 aliphatic rings. The van der Waals surface area contributed by atoms with Crippen LogP contribution in [0.3, 0.4) is 0 Å². The third kappa shape index (κ3) is 3.21. The second kappa shape index (κ2) is 6.17. The first-order chi connectivity index (χ1) is 8.70. The van der Waals surface area contributed by atoms with Gasteiger partial charge < -0.3 is 5.11 Å². The van der Waals surface area contributed by atoms with E-state index in [0.29, 0.717) is 0 Å². The molecule has 0 spiro atoms. The minimum absolute atomic E-state index is 0.482. The molecule has 1 heterocycles. The molecule has 1 aromatic carbocycles. The molecule has 0 saturated carbocycles. The predicted octanol–water partition coefficient (Wildman–Crippen LogP) is 4.48. The monoisotopic (exact) mass is 260 g/mol. The molecule has 2 heteroatoms. The number of aryl methyl sites for hydroxylation is 2. The minimum Gasteiger partial charge on any atom is -0.383 e. The fraction of sp³-hybridized carbons (Fsp3) is 0.375. The lowest BCUT2D eigenvalue weighted by Crippen LogP contribution is -1.97. The number of benzene rings is 1. The zero-order valence-corrected chi connectivity index (χ0v) is 11.8. The van der Waals surface area contributed by atoms with Crippen molar-refractivity contribution in [2.75, 3.05) is 0 Å². The Morgan fingerprint density at radius 1 is 1.11 bits per heavy atom. The number of hydrogen-bond acceptors (Lipinski definition) is 2. The van der Waals surface area contributed by atoms with E-state index >= 15 is 0 Å². The zero-order valence-electron chi connectivity index (χ0n) is 11.0. The van der Waals surface area contributed by atoms with Crippen LogP contribution in [-0.2, 0) is 6.42 Å². The predicted molar refractivity (Wildman–Crippen MR) is 78.2 cm³/mol. The zero-order chi connectivity index (χ0) is 13.0. The third-order valence-electron chi connectivity index (χ3n) is 3.15. The Bertz CT molecular complexity index is 484. The first-order valence-electron chi connectivity index (χ1n) is 6.54. The van der Waals surface area contributed by atoms with Crippen molar-refractivity contribution in [2.24, 2.45) is 0 Å². The van der Waals surface area contributed by atoms with Gasteiger partial charge in [-0.05, 0) is 43.0 Å². The topological polar surface area (TPSA) is 20.2 Å². The molecule has 18 heavy (non-hydrogen) atoms. The first kappa shape index (κ1) is 13.3. The molecular formula is C16H20OS. The summed E-state index contributed by atoms with van der Waals surface area (Å²) >= 11 is 1.66. The Labute approximate surface area is 113 Å². The van der Waals surface area contributed by atoms with Crippen molar-refractivity contribution >= 4 is 11.3 Å². The molecule has 0 amide bonds. The van der Waals surface area contributed by atoms with Gasteiger partial charge in [-0.1, -0.05) is 37.6 Å². The van der Waals surface area contributed by atoms with Crippen molar-refractivity contribution in [1.29, 1.82) is 0 Å². The molecule has 2 rings (SSSR count). The SMILES string of the molecule is CCCCc1ccc([C@@H](O)c2ccc(C)s2)cc1. The van der Waals surface area contributed by atoms with Gasteiger partial charge in [0.15, 0.2) is 0 Å². The van der Waals surface area contributed by atoms with Crippen LogP contribution >= 0.6 is 11.3 Å². The Morgan fingerprint density at radius 3 is 2.39 bits per heavy atom. The van der Waals surface area contributed by atoms with E-state index in [0.717, 1.165) is 16.9 Å². The van der Waals surface area contributed by atoms with Gasteiger partial charge in [-0.2, -0.15) is 0 Å². The summed E-state index contributed by atoms with van der Waals surface area (Å²) in [5.74, 6) is 0. The maximum Gasteiger partial charge on any atom is 0.113 e. The second-order valence-corrected chi connectivity index (χ2v) is 6.02. The molecule has 1 aromatic heterocycles. The maximum atomic E-state index is 10.3. The van der Waals surface area contributed by atoms with Crippen LogP contribution in [-0.4, -0.2) is 5.11 Å². The average molecular weight is 260 g/mol. The molecular weight excluding hydrogens is 240 g/mol. The van der Waals surface area contributed by atoms with Crippen LogP contribution < -0.4 is 0 Å². The summed E-state index contributed by atoms with van der Waals surface area (Å²) in [6, 6.07) is 12.4. The molecule has 2 aromatic rings. The van der Waals surface area contributed by atoms with Crippen LogP contribution in [0.4, 0.5) is 0 Å². The molecule has 1 N–H and O–H groups in total. The van der Waals surface area contributed by atoms with Crippen LogP contribution in [0.25, 0.3) is 0 Å². The number of rotatable bonds is 5. The highest BCUT2D eigenvalue weighted by molar-refractivity contribution is 7.12. The quantitative estimate of drug-likeness (QED) is 0.840. The van der Waals surface area contributed by atoms with Crippen LogP contribution in [0.5, 0.6) is 0 Å². The van der Waals surface area contributed by atoms with Gasteiger partial charge in [0, 0.05) is 9.75 Å². The highest BCUT2D eigenvalue weighted by Crippen LogP contribution is 2.28. The lowest BCUT2D eigenvalue weighted by Gasteiger charge is -2.09. The highest BCUT2D eigenvalue weighted by atomic mass is 32.1. The number of hydrogen-bond donors (Lipinski definition) is 1. The molecule has 0 fully saturated rings. The Morgan fingerprint density at radius 2 is 1.83 bits per heavy atom.